The fourth-order valence-electron chi connectivity index (χ4n) is 2.57. The lowest BCUT2D eigenvalue weighted by Gasteiger charge is -2.45. The number of hydrogen-bond donors (Lipinski definition) is 8. The summed E-state index contributed by atoms with van der Waals surface area (Å²) >= 11 is 3.96. The first-order valence-corrected chi connectivity index (χ1v) is 7.71. The van der Waals surface area contributed by atoms with Crippen molar-refractivity contribution in [1.82, 2.24) is 0 Å². The summed E-state index contributed by atoms with van der Waals surface area (Å²) in [5.74, 6) is 0.0271. The highest BCUT2D eigenvalue weighted by molar-refractivity contribution is 7.80. The highest BCUT2D eigenvalue weighted by Crippen LogP contribution is 2.28. The highest BCUT2D eigenvalue weighted by Gasteiger charge is 2.49. The summed E-state index contributed by atoms with van der Waals surface area (Å²) in [6, 6.07) is 0. The van der Waals surface area contributed by atoms with Crippen molar-refractivity contribution < 1.29 is 50.0 Å². The summed E-state index contributed by atoms with van der Waals surface area (Å²) in [6.07, 6.45) is -14.6. The van der Waals surface area contributed by atoms with Gasteiger partial charge in [0.2, 0.25) is 0 Å². The van der Waals surface area contributed by atoms with Crippen LogP contribution in [0.1, 0.15) is 0 Å². The van der Waals surface area contributed by atoms with E-state index in [0.29, 0.717) is 0 Å². The van der Waals surface area contributed by atoms with E-state index in [1.807, 2.05) is 0 Å². The molecule has 0 aromatic carbocycles. The number of thiol groups is 1. The van der Waals surface area contributed by atoms with Gasteiger partial charge in [0.15, 0.2) is 12.6 Å². The third kappa shape index (κ3) is 3.80. The Bertz CT molecular complexity index is 383. The molecule has 2 fully saturated rings. The summed E-state index contributed by atoms with van der Waals surface area (Å²) in [5.41, 5.74) is 0. The van der Waals surface area contributed by atoms with Gasteiger partial charge in [-0.2, -0.15) is 12.6 Å². The van der Waals surface area contributed by atoms with Gasteiger partial charge in [0.25, 0.3) is 0 Å². The molecular formula is C12H22O10S. The first-order chi connectivity index (χ1) is 10.8. The minimum atomic E-state index is -1.71. The Morgan fingerprint density at radius 1 is 0.783 bits per heavy atom. The molecule has 5 unspecified atom stereocenters. The molecular weight excluding hydrogens is 336 g/mol. The molecule has 2 rings (SSSR count). The number of aliphatic hydroxyl groups is 7. The first-order valence-electron chi connectivity index (χ1n) is 7.08. The van der Waals surface area contributed by atoms with Crippen molar-refractivity contribution >= 4 is 12.6 Å². The molecule has 0 aromatic rings. The van der Waals surface area contributed by atoms with Crippen LogP contribution in [0.3, 0.4) is 0 Å². The van der Waals surface area contributed by atoms with Crippen molar-refractivity contribution in [3.63, 3.8) is 0 Å². The maximum Gasteiger partial charge on any atom is 0.187 e. The molecule has 23 heavy (non-hydrogen) atoms. The second-order valence-corrected chi connectivity index (χ2v) is 5.89. The number of hydrogen-bond acceptors (Lipinski definition) is 11. The zero-order valence-corrected chi connectivity index (χ0v) is 12.9. The van der Waals surface area contributed by atoms with E-state index in [2.05, 4.69) is 12.6 Å². The SMILES string of the molecule is OCC1OC(O)[C@@H](O)C(O)[C@@H]1O[C@@H]1OC(CS)[C@@H](O)C(O)[C@@H]1O. The average Bonchev–Trinajstić information content (AvgIpc) is 2.55. The minimum absolute atomic E-state index is 0.0271. The van der Waals surface area contributed by atoms with Gasteiger partial charge < -0.3 is 50.0 Å². The molecule has 2 aliphatic rings. The Balaban J connectivity index is 2.11. The predicted octanol–water partition coefficient (Wildman–Crippen LogP) is -4.46. The Kier molecular flexibility index (Phi) is 6.61. The molecule has 0 spiro atoms. The van der Waals surface area contributed by atoms with E-state index in [0.717, 1.165) is 0 Å². The molecule has 10 atom stereocenters. The second-order valence-electron chi connectivity index (χ2n) is 5.53. The maximum atomic E-state index is 9.98. The molecule has 7 N–H and O–H groups in total. The lowest BCUT2D eigenvalue weighted by atomic mass is 9.97. The quantitative estimate of drug-likeness (QED) is 0.229. The van der Waals surface area contributed by atoms with Crippen molar-refractivity contribution in [1.29, 1.82) is 0 Å². The first kappa shape index (κ1) is 19.3. The van der Waals surface area contributed by atoms with Gasteiger partial charge in [0, 0.05) is 5.75 Å². The predicted molar refractivity (Wildman–Crippen MR) is 75.4 cm³/mol. The van der Waals surface area contributed by atoms with Crippen molar-refractivity contribution in [2.75, 3.05) is 12.4 Å². The van der Waals surface area contributed by atoms with Crippen LogP contribution in [0.4, 0.5) is 0 Å². The third-order valence-electron chi connectivity index (χ3n) is 3.98. The van der Waals surface area contributed by atoms with E-state index < -0.39 is 68.0 Å². The maximum absolute atomic E-state index is 9.98. The molecule has 0 aliphatic carbocycles. The van der Waals surface area contributed by atoms with Gasteiger partial charge >= 0.3 is 0 Å². The van der Waals surface area contributed by atoms with Gasteiger partial charge in [-0.3, -0.25) is 0 Å². The van der Waals surface area contributed by atoms with E-state index in [9.17, 15) is 35.7 Å². The van der Waals surface area contributed by atoms with Crippen LogP contribution in [0.5, 0.6) is 0 Å². The lowest BCUT2D eigenvalue weighted by Crippen LogP contribution is -2.64. The molecule has 0 amide bonds. The molecule has 2 saturated heterocycles. The second kappa shape index (κ2) is 7.89. The smallest absolute Gasteiger partial charge is 0.187 e. The van der Waals surface area contributed by atoms with Crippen LogP contribution in [0, 0.1) is 0 Å². The summed E-state index contributed by atoms with van der Waals surface area (Å²) in [5, 5.41) is 67.7. The minimum Gasteiger partial charge on any atom is -0.394 e. The van der Waals surface area contributed by atoms with Crippen LogP contribution in [0.25, 0.3) is 0 Å². The van der Waals surface area contributed by atoms with Crippen LogP contribution in [-0.2, 0) is 14.2 Å². The molecule has 136 valence electrons. The van der Waals surface area contributed by atoms with Gasteiger partial charge in [-0.05, 0) is 0 Å². The normalized spacial score (nSPS) is 51.7. The van der Waals surface area contributed by atoms with E-state index in [1.54, 1.807) is 0 Å². The molecule has 2 heterocycles. The van der Waals surface area contributed by atoms with Gasteiger partial charge in [0.05, 0.1) is 12.7 Å². The monoisotopic (exact) mass is 358 g/mol. The van der Waals surface area contributed by atoms with Crippen molar-refractivity contribution in [3.05, 3.63) is 0 Å². The largest absolute Gasteiger partial charge is 0.394 e. The third-order valence-corrected chi connectivity index (χ3v) is 4.34. The molecule has 2 aliphatic heterocycles. The zero-order chi connectivity index (χ0) is 17.3. The van der Waals surface area contributed by atoms with Crippen LogP contribution >= 0.6 is 12.6 Å². The summed E-state index contributed by atoms with van der Waals surface area (Å²) in [4.78, 5) is 0. The Morgan fingerprint density at radius 2 is 1.43 bits per heavy atom. The topological polar surface area (TPSA) is 169 Å². The standard InChI is InChI=1S/C12H22O10S/c13-1-3-10(7(16)8(17)11(19)20-3)22-12-9(18)6(15)5(14)4(2-23)21-12/h3-19,23H,1-2H2/t3?,4?,5-,6?,7?,8+,9+,10-,11?,12+/m1/s1. The van der Waals surface area contributed by atoms with E-state index >= 15 is 0 Å². The van der Waals surface area contributed by atoms with E-state index in [1.165, 1.54) is 0 Å². The van der Waals surface area contributed by atoms with E-state index in [4.69, 9.17) is 14.2 Å². The Labute approximate surface area is 137 Å². The van der Waals surface area contributed by atoms with Gasteiger partial charge in [-0.15, -0.1) is 0 Å². The van der Waals surface area contributed by atoms with Crippen molar-refractivity contribution in [3.8, 4) is 0 Å². The summed E-state index contributed by atoms with van der Waals surface area (Å²) in [6.45, 7) is -0.643. The van der Waals surface area contributed by atoms with Crippen molar-refractivity contribution in [2.24, 2.45) is 0 Å². The highest BCUT2D eigenvalue weighted by atomic mass is 32.1. The van der Waals surface area contributed by atoms with Crippen LogP contribution < -0.4 is 0 Å². The van der Waals surface area contributed by atoms with Crippen LogP contribution in [0.15, 0.2) is 0 Å². The Hall–Kier alpha value is -0.0500. The fraction of sp³-hybridized carbons (Fsp3) is 1.00. The number of rotatable bonds is 4. The summed E-state index contributed by atoms with van der Waals surface area (Å²) < 4.78 is 15.5. The van der Waals surface area contributed by atoms with Gasteiger partial charge in [-0.1, -0.05) is 0 Å². The molecule has 0 radical (unpaired) electrons. The van der Waals surface area contributed by atoms with E-state index in [-0.39, 0.29) is 5.75 Å². The van der Waals surface area contributed by atoms with Crippen molar-refractivity contribution in [2.45, 2.75) is 61.4 Å². The average molecular weight is 358 g/mol. The van der Waals surface area contributed by atoms with Gasteiger partial charge in [-0.25, -0.2) is 0 Å². The molecule has 11 heteroatoms. The molecule has 0 saturated carbocycles. The molecule has 0 aromatic heterocycles. The number of aliphatic hydroxyl groups excluding tert-OH is 7. The molecule has 10 nitrogen and oxygen atoms in total. The fourth-order valence-corrected chi connectivity index (χ4v) is 2.87. The molecule has 0 bridgehead atoms. The van der Waals surface area contributed by atoms with Crippen LogP contribution in [-0.4, -0.2) is 110 Å². The van der Waals surface area contributed by atoms with Gasteiger partial charge in [0.1, 0.15) is 42.7 Å². The Morgan fingerprint density at radius 3 is 2.00 bits per heavy atom. The number of ether oxygens (including phenoxy) is 3. The summed E-state index contributed by atoms with van der Waals surface area (Å²) in [7, 11) is 0. The zero-order valence-electron chi connectivity index (χ0n) is 12.0. The lowest BCUT2D eigenvalue weighted by molar-refractivity contribution is -0.351. The van der Waals surface area contributed by atoms with Crippen LogP contribution in [0.2, 0.25) is 0 Å².